The van der Waals surface area contributed by atoms with Crippen molar-refractivity contribution in [2.45, 2.75) is 12.8 Å². The minimum absolute atomic E-state index is 0.0318. The number of hydrogen-bond acceptors (Lipinski definition) is 5. The lowest BCUT2D eigenvalue weighted by atomic mass is 9.78. The Bertz CT molecular complexity index is 650. The molecule has 0 unspecified atom stereocenters. The molecule has 26 heavy (non-hydrogen) atoms. The Labute approximate surface area is 154 Å². The van der Waals surface area contributed by atoms with Gasteiger partial charge in [-0.05, 0) is 31.0 Å². The second-order valence-electron chi connectivity index (χ2n) is 6.91. The molecule has 7 nitrogen and oxygen atoms in total. The first-order valence-electron chi connectivity index (χ1n) is 9.10. The van der Waals surface area contributed by atoms with E-state index in [1.165, 1.54) is 0 Å². The smallest absolute Gasteiger partial charge is 0.254 e. The summed E-state index contributed by atoms with van der Waals surface area (Å²) >= 11 is 0. The fourth-order valence-electron chi connectivity index (χ4n) is 3.65. The van der Waals surface area contributed by atoms with Gasteiger partial charge in [-0.2, -0.15) is 0 Å². The predicted molar refractivity (Wildman–Crippen MR) is 97.0 cm³/mol. The van der Waals surface area contributed by atoms with Crippen LogP contribution in [0.2, 0.25) is 0 Å². The molecule has 142 valence electrons. The lowest BCUT2D eigenvalue weighted by Crippen LogP contribution is -2.57. The van der Waals surface area contributed by atoms with Gasteiger partial charge in [0.25, 0.3) is 5.91 Å². The van der Waals surface area contributed by atoms with Crippen LogP contribution >= 0.6 is 0 Å². The molecular weight excluding hydrogens is 334 g/mol. The van der Waals surface area contributed by atoms with Gasteiger partial charge in [0.05, 0.1) is 12.5 Å². The van der Waals surface area contributed by atoms with Crippen molar-refractivity contribution in [2.75, 3.05) is 53.0 Å². The fraction of sp³-hybridized carbons (Fsp3) is 0.579. The lowest BCUT2D eigenvalue weighted by molar-refractivity contribution is -0.148. The highest BCUT2D eigenvalue weighted by molar-refractivity contribution is 5.95. The van der Waals surface area contributed by atoms with Gasteiger partial charge in [0.15, 0.2) is 0 Å². The van der Waals surface area contributed by atoms with Crippen LogP contribution in [0.1, 0.15) is 23.2 Å². The van der Waals surface area contributed by atoms with Crippen molar-refractivity contribution in [1.29, 1.82) is 0 Å². The number of hydrogen-bond donors (Lipinski definition) is 1. The highest BCUT2D eigenvalue weighted by Gasteiger charge is 2.42. The second-order valence-corrected chi connectivity index (χ2v) is 6.91. The van der Waals surface area contributed by atoms with Gasteiger partial charge in [-0.3, -0.25) is 9.59 Å². The number of nitrogens with zero attached hydrogens (tertiary/aromatic N) is 2. The van der Waals surface area contributed by atoms with Crippen LogP contribution in [0.4, 0.5) is 0 Å². The molecule has 0 saturated carbocycles. The number of carbonyl (C=O) groups is 2. The van der Waals surface area contributed by atoms with E-state index in [-0.39, 0.29) is 11.8 Å². The van der Waals surface area contributed by atoms with E-state index in [9.17, 15) is 9.59 Å². The summed E-state index contributed by atoms with van der Waals surface area (Å²) in [5, 5.41) is 0. The quantitative estimate of drug-likeness (QED) is 0.855. The molecule has 2 heterocycles. The van der Waals surface area contributed by atoms with E-state index in [4.69, 9.17) is 15.2 Å². The standard InChI is InChI=1S/C19H27N3O4/c1-25-16-4-2-3-15(13-16)17(23)21-7-9-22(10-8-21)18(24)19(14-20)5-11-26-12-6-19/h2-4,13H,5-12,14,20H2,1H3. The third kappa shape index (κ3) is 3.68. The highest BCUT2D eigenvalue weighted by atomic mass is 16.5. The van der Waals surface area contributed by atoms with E-state index in [1.807, 2.05) is 17.0 Å². The highest BCUT2D eigenvalue weighted by Crippen LogP contribution is 2.32. The second kappa shape index (κ2) is 8.05. The number of ether oxygens (including phenoxy) is 2. The predicted octanol–water partition coefficient (Wildman–Crippen LogP) is 0.735. The maximum atomic E-state index is 13.0. The minimum Gasteiger partial charge on any atom is -0.497 e. The van der Waals surface area contributed by atoms with Gasteiger partial charge in [-0.15, -0.1) is 0 Å². The monoisotopic (exact) mass is 361 g/mol. The van der Waals surface area contributed by atoms with E-state index in [2.05, 4.69) is 0 Å². The van der Waals surface area contributed by atoms with E-state index in [0.717, 1.165) is 0 Å². The third-order valence-electron chi connectivity index (χ3n) is 5.47. The van der Waals surface area contributed by atoms with Crippen LogP contribution in [0, 0.1) is 5.41 Å². The van der Waals surface area contributed by atoms with Crippen molar-refractivity contribution in [3.63, 3.8) is 0 Å². The first-order chi connectivity index (χ1) is 12.6. The summed E-state index contributed by atoms with van der Waals surface area (Å²) in [4.78, 5) is 29.3. The van der Waals surface area contributed by atoms with Gasteiger partial charge in [-0.25, -0.2) is 0 Å². The Balaban J connectivity index is 1.61. The summed E-state index contributed by atoms with van der Waals surface area (Å²) in [7, 11) is 1.58. The number of rotatable bonds is 4. The van der Waals surface area contributed by atoms with E-state index < -0.39 is 5.41 Å². The summed E-state index contributed by atoms with van der Waals surface area (Å²) in [5.74, 6) is 0.737. The van der Waals surface area contributed by atoms with Gasteiger partial charge in [0.1, 0.15) is 5.75 Å². The molecule has 1 aromatic rings. The minimum atomic E-state index is -0.503. The average Bonchev–Trinajstić information content (AvgIpc) is 2.73. The number of carbonyl (C=O) groups excluding carboxylic acids is 2. The number of methoxy groups -OCH3 is 1. The maximum absolute atomic E-state index is 13.0. The maximum Gasteiger partial charge on any atom is 0.254 e. The number of benzene rings is 1. The molecule has 0 radical (unpaired) electrons. The van der Waals surface area contributed by atoms with Crippen LogP contribution in [-0.2, 0) is 9.53 Å². The number of amides is 2. The normalized spacial score (nSPS) is 19.9. The molecule has 3 rings (SSSR count). The van der Waals surface area contributed by atoms with E-state index in [1.54, 1.807) is 24.1 Å². The van der Waals surface area contributed by atoms with Crippen molar-refractivity contribution < 1.29 is 19.1 Å². The molecule has 0 spiro atoms. The molecule has 2 aliphatic rings. The molecule has 0 bridgehead atoms. The molecule has 2 aliphatic heterocycles. The first kappa shape index (κ1) is 18.7. The number of piperazine rings is 1. The molecule has 2 fully saturated rings. The summed E-state index contributed by atoms with van der Waals surface area (Å²) in [6.07, 6.45) is 1.34. The van der Waals surface area contributed by atoms with Crippen molar-refractivity contribution >= 4 is 11.8 Å². The van der Waals surface area contributed by atoms with Gasteiger partial charge in [0, 0.05) is 51.5 Å². The largest absolute Gasteiger partial charge is 0.497 e. The van der Waals surface area contributed by atoms with Crippen LogP contribution in [0.15, 0.2) is 24.3 Å². The summed E-state index contributed by atoms with van der Waals surface area (Å²) in [5.41, 5.74) is 6.05. The fourth-order valence-corrected chi connectivity index (χ4v) is 3.65. The Morgan fingerprint density at radius 1 is 1.15 bits per heavy atom. The van der Waals surface area contributed by atoms with Crippen LogP contribution in [0.25, 0.3) is 0 Å². The SMILES string of the molecule is COc1cccc(C(=O)N2CCN(C(=O)C3(CN)CCOCC3)CC2)c1. The molecule has 2 N–H and O–H groups in total. The van der Waals surface area contributed by atoms with Crippen LogP contribution in [0.3, 0.4) is 0 Å². The third-order valence-corrected chi connectivity index (χ3v) is 5.47. The Morgan fingerprint density at radius 2 is 1.81 bits per heavy atom. The molecule has 0 aliphatic carbocycles. The van der Waals surface area contributed by atoms with Gasteiger partial charge < -0.3 is 25.0 Å². The molecule has 0 aromatic heterocycles. The van der Waals surface area contributed by atoms with Gasteiger partial charge in [0.2, 0.25) is 5.91 Å². The van der Waals surface area contributed by atoms with Crippen LogP contribution < -0.4 is 10.5 Å². The molecule has 1 aromatic carbocycles. The van der Waals surface area contributed by atoms with Crippen molar-refractivity contribution in [2.24, 2.45) is 11.1 Å². The lowest BCUT2D eigenvalue weighted by Gasteiger charge is -2.42. The summed E-state index contributed by atoms with van der Waals surface area (Å²) < 4.78 is 10.6. The molecule has 0 atom stereocenters. The topological polar surface area (TPSA) is 85.1 Å². The van der Waals surface area contributed by atoms with E-state index in [0.29, 0.717) is 70.1 Å². The van der Waals surface area contributed by atoms with Crippen LogP contribution in [-0.4, -0.2) is 74.7 Å². The Morgan fingerprint density at radius 3 is 2.42 bits per heavy atom. The zero-order valence-corrected chi connectivity index (χ0v) is 15.3. The number of nitrogens with two attached hydrogens (primary N) is 1. The zero-order chi connectivity index (χ0) is 18.6. The molecule has 7 heteroatoms. The molecule has 2 amide bonds. The van der Waals surface area contributed by atoms with Crippen molar-refractivity contribution in [1.82, 2.24) is 9.80 Å². The molecule has 2 saturated heterocycles. The Kier molecular flexibility index (Phi) is 5.78. The Hall–Kier alpha value is -2.12. The molecular formula is C19H27N3O4. The summed E-state index contributed by atoms with van der Waals surface area (Å²) in [6.45, 7) is 3.64. The van der Waals surface area contributed by atoms with Crippen molar-refractivity contribution in [3.8, 4) is 5.75 Å². The zero-order valence-electron chi connectivity index (χ0n) is 15.3. The summed E-state index contributed by atoms with van der Waals surface area (Å²) in [6, 6.07) is 7.15. The first-order valence-corrected chi connectivity index (χ1v) is 9.10. The van der Waals surface area contributed by atoms with Gasteiger partial charge >= 0.3 is 0 Å². The van der Waals surface area contributed by atoms with E-state index >= 15 is 0 Å². The van der Waals surface area contributed by atoms with Crippen LogP contribution in [0.5, 0.6) is 5.75 Å². The average molecular weight is 361 g/mol. The van der Waals surface area contributed by atoms with Crippen molar-refractivity contribution in [3.05, 3.63) is 29.8 Å². The van der Waals surface area contributed by atoms with Gasteiger partial charge in [-0.1, -0.05) is 6.07 Å².